The number of nitrogens with zero attached hydrogens (tertiary/aromatic N) is 2. The predicted molar refractivity (Wildman–Crippen MR) is 79.9 cm³/mol. The summed E-state index contributed by atoms with van der Waals surface area (Å²) >= 11 is 7.51. The number of nitrogens with one attached hydrogen (secondary N) is 1. The van der Waals surface area contributed by atoms with Crippen molar-refractivity contribution in [1.29, 1.82) is 0 Å². The van der Waals surface area contributed by atoms with E-state index in [0.29, 0.717) is 0 Å². The van der Waals surface area contributed by atoms with Gasteiger partial charge in [-0.2, -0.15) is 0 Å². The summed E-state index contributed by atoms with van der Waals surface area (Å²) in [7, 11) is 3.97. The fourth-order valence-electron chi connectivity index (χ4n) is 1.73. The van der Waals surface area contributed by atoms with Crippen LogP contribution in [0.15, 0.2) is 29.8 Å². The SMILES string of the molecule is CC(Nc1cccnc1N(C)C)c1csc(Cl)c1. The van der Waals surface area contributed by atoms with Crippen LogP contribution in [0, 0.1) is 0 Å². The van der Waals surface area contributed by atoms with E-state index in [2.05, 4.69) is 22.6 Å². The maximum atomic E-state index is 5.96. The molecule has 96 valence electrons. The van der Waals surface area contributed by atoms with Crippen molar-refractivity contribution < 1.29 is 0 Å². The molecule has 0 aliphatic carbocycles. The first-order chi connectivity index (χ1) is 8.58. The lowest BCUT2D eigenvalue weighted by molar-refractivity contribution is 0.885. The van der Waals surface area contributed by atoms with Crippen molar-refractivity contribution in [1.82, 2.24) is 4.98 Å². The summed E-state index contributed by atoms with van der Waals surface area (Å²) in [6.07, 6.45) is 1.80. The fourth-order valence-corrected chi connectivity index (χ4v) is 2.72. The molecular formula is C13H16ClN3S. The zero-order valence-corrected chi connectivity index (χ0v) is 12.2. The number of rotatable bonds is 4. The first-order valence-electron chi connectivity index (χ1n) is 5.70. The Bertz CT molecular complexity index is 524. The molecule has 0 bridgehead atoms. The molecule has 18 heavy (non-hydrogen) atoms. The van der Waals surface area contributed by atoms with Crippen LogP contribution < -0.4 is 10.2 Å². The molecule has 1 N–H and O–H groups in total. The van der Waals surface area contributed by atoms with E-state index in [1.54, 1.807) is 17.5 Å². The van der Waals surface area contributed by atoms with Gasteiger partial charge in [-0.25, -0.2) is 4.98 Å². The average molecular weight is 282 g/mol. The first kappa shape index (κ1) is 13.2. The van der Waals surface area contributed by atoms with Crippen LogP contribution in [0.4, 0.5) is 11.5 Å². The maximum Gasteiger partial charge on any atom is 0.151 e. The molecule has 0 aliphatic heterocycles. The predicted octanol–water partition coefficient (Wildman–Crippen LogP) is 4.04. The average Bonchev–Trinajstić information content (AvgIpc) is 2.76. The number of pyridine rings is 1. The lowest BCUT2D eigenvalue weighted by Crippen LogP contribution is -2.15. The normalized spacial score (nSPS) is 12.2. The van der Waals surface area contributed by atoms with E-state index in [1.165, 1.54) is 5.56 Å². The molecule has 5 heteroatoms. The highest BCUT2D eigenvalue weighted by molar-refractivity contribution is 7.14. The third kappa shape index (κ3) is 2.94. The molecule has 0 saturated heterocycles. The van der Waals surface area contributed by atoms with Crippen molar-refractivity contribution in [2.24, 2.45) is 0 Å². The van der Waals surface area contributed by atoms with Gasteiger partial charge in [0.2, 0.25) is 0 Å². The van der Waals surface area contributed by atoms with Crippen LogP contribution in [-0.2, 0) is 0 Å². The van der Waals surface area contributed by atoms with Crippen LogP contribution in [0.1, 0.15) is 18.5 Å². The summed E-state index contributed by atoms with van der Waals surface area (Å²) in [6, 6.07) is 6.17. The highest BCUT2D eigenvalue weighted by atomic mass is 35.5. The highest BCUT2D eigenvalue weighted by Crippen LogP contribution is 2.29. The van der Waals surface area contributed by atoms with Crippen LogP contribution in [-0.4, -0.2) is 19.1 Å². The van der Waals surface area contributed by atoms with Crippen LogP contribution in [0.5, 0.6) is 0 Å². The van der Waals surface area contributed by atoms with Gasteiger partial charge in [-0.1, -0.05) is 11.6 Å². The van der Waals surface area contributed by atoms with Crippen molar-refractivity contribution in [2.75, 3.05) is 24.3 Å². The minimum atomic E-state index is 0.205. The van der Waals surface area contributed by atoms with Crippen molar-refractivity contribution in [3.8, 4) is 0 Å². The van der Waals surface area contributed by atoms with Crippen LogP contribution in [0.3, 0.4) is 0 Å². The van der Waals surface area contributed by atoms with E-state index in [9.17, 15) is 0 Å². The zero-order valence-electron chi connectivity index (χ0n) is 10.6. The van der Waals surface area contributed by atoms with Gasteiger partial charge >= 0.3 is 0 Å². The van der Waals surface area contributed by atoms with E-state index in [-0.39, 0.29) is 6.04 Å². The molecule has 1 unspecified atom stereocenters. The summed E-state index contributed by atoms with van der Waals surface area (Å²) in [6.45, 7) is 2.12. The summed E-state index contributed by atoms with van der Waals surface area (Å²) in [5.74, 6) is 0.936. The Hall–Kier alpha value is -1.26. The highest BCUT2D eigenvalue weighted by Gasteiger charge is 2.11. The third-order valence-corrected chi connectivity index (χ3v) is 3.78. The minimum Gasteiger partial charge on any atom is -0.376 e. The van der Waals surface area contributed by atoms with E-state index < -0.39 is 0 Å². The van der Waals surface area contributed by atoms with Gasteiger partial charge in [0.25, 0.3) is 0 Å². The molecule has 0 fully saturated rings. The quantitative estimate of drug-likeness (QED) is 0.917. The van der Waals surface area contributed by atoms with E-state index >= 15 is 0 Å². The standard InChI is InChI=1S/C13H16ClN3S/c1-9(10-7-12(14)18-8-10)16-11-5-4-6-15-13(11)17(2)3/h4-9,16H,1-3H3. The molecular weight excluding hydrogens is 266 g/mol. The Labute approximate surface area is 116 Å². The van der Waals surface area contributed by atoms with Gasteiger partial charge in [-0.3, -0.25) is 0 Å². The monoisotopic (exact) mass is 281 g/mol. The topological polar surface area (TPSA) is 28.2 Å². The Morgan fingerprint density at radius 3 is 2.83 bits per heavy atom. The van der Waals surface area contributed by atoms with Gasteiger partial charge in [0.1, 0.15) is 0 Å². The molecule has 3 nitrogen and oxygen atoms in total. The molecule has 2 heterocycles. The molecule has 0 aromatic carbocycles. The number of anilines is 2. The Morgan fingerprint density at radius 1 is 1.44 bits per heavy atom. The second kappa shape index (κ2) is 5.59. The number of halogens is 1. The van der Waals surface area contributed by atoms with E-state index in [4.69, 9.17) is 11.6 Å². The summed E-state index contributed by atoms with van der Waals surface area (Å²) in [5.41, 5.74) is 2.22. The van der Waals surface area contributed by atoms with Gasteiger partial charge in [-0.15, -0.1) is 11.3 Å². The van der Waals surface area contributed by atoms with Gasteiger partial charge in [0.15, 0.2) is 5.82 Å². The second-order valence-corrected chi connectivity index (χ2v) is 5.86. The molecule has 0 radical (unpaired) electrons. The first-order valence-corrected chi connectivity index (χ1v) is 6.96. The van der Waals surface area contributed by atoms with Gasteiger partial charge in [0, 0.05) is 26.3 Å². The van der Waals surface area contributed by atoms with Crippen molar-refractivity contribution in [3.05, 3.63) is 39.7 Å². The Morgan fingerprint density at radius 2 is 2.22 bits per heavy atom. The lowest BCUT2D eigenvalue weighted by atomic mass is 10.2. The molecule has 1 atom stereocenters. The molecule has 0 saturated carbocycles. The minimum absolute atomic E-state index is 0.205. The molecule has 2 rings (SSSR count). The van der Waals surface area contributed by atoms with E-state index in [0.717, 1.165) is 15.8 Å². The fraction of sp³-hybridized carbons (Fsp3) is 0.308. The summed E-state index contributed by atoms with van der Waals surface area (Å²) < 4.78 is 0.817. The number of hydrogen-bond donors (Lipinski definition) is 1. The van der Waals surface area contributed by atoms with Crippen molar-refractivity contribution in [2.45, 2.75) is 13.0 Å². The smallest absolute Gasteiger partial charge is 0.151 e. The van der Waals surface area contributed by atoms with Gasteiger partial charge in [-0.05, 0) is 36.1 Å². The Kier molecular flexibility index (Phi) is 4.09. The number of thiophene rings is 1. The van der Waals surface area contributed by atoms with Crippen molar-refractivity contribution >= 4 is 34.4 Å². The van der Waals surface area contributed by atoms with Gasteiger partial charge in [0.05, 0.1) is 10.0 Å². The number of aromatic nitrogens is 1. The molecule has 2 aromatic heterocycles. The molecule has 0 spiro atoms. The van der Waals surface area contributed by atoms with Gasteiger partial charge < -0.3 is 10.2 Å². The maximum absolute atomic E-state index is 5.96. The van der Waals surface area contributed by atoms with Crippen LogP contribution in [0.25, 0.3) is 0 Å². The molecule has 2 aromatic rings. The molecule has 0 aliphatic rings. The number of hydrogen-bond acceptors (Lipinski definition) is 4. The zero-order chi connectivity index (χ0) is 13.1. The van der Waals surface area contributed by atoms with Crippen LogP contribution in [0.2, 0.25) is 4.34 Å². The summed E-state index contributed by atoms with van der Waals surface area (Å²) in [4.78, 5) is 6.37. The third-order valence-electron chi connectivity index (χ3n) is 2.67. The lowest BCUT2D eigenvalue weighted by Gasteiger charge is -2.20. The summed E-state index contributed by atoms with van der Waals surface area (Å²) in [5, 5.41) is 5.54. The van der Waals surface area contributed by atoms with E-state index in [1.807, 2.05) is 37.2 Å². The molecule has 0 amide bonds. The van der Waals surface area contributed by atoms with Crippen molar-refractivity contribution in [3.63, 3.8) is 0 Å². The Balaban J connectivity index is 2.19. The largest absolute Gasteiger partial charge is 0.376 e. The second-order valence-electron chi connectivity index (χ2n) is 4.32. The van der Waals surface area contributed by atoms with Crippen LogP contribution >= 0.6 is 22.9 Å².